The van der Waals surface area contributed by atoms with Crippen molar-refractivity contribution in [2.45, 2.75) is 19.9 Å². The minimum atomic E-state index is 0.444. The van der Waals surface area contributed by atoms with Crippen LogP contribution in [0.5, 0.6) is 0 Å². The third kappa shape index (κ3) is 1.78. The Morgan fingerprint density at radius 2 is 2.00 bits per heavy atom. The first-order valence-electron chi connectivity index (χ1n) is 4.21. The van der Waals surface area contributed by atoms with Gasteiger partial charge in [0.15, 0.2) is 0 Å². The molecule has 2 unspecified atom stereocenters. The van der Waals surface area contributed by atoms with Crippen molar-refractivity contribution in [3.05, 3.63) is 11.8 Å². The van der Waals surface area contributed by atoms with Crippen LogP contribution < -0.4 is 5.32 Å². The van der Waals surface area contributed by atoms with E-state index in [-0.39, 0.29) is 0 Å². The monoisotopic (exact) mass is 184 g/mol. The lowest BCUT2D eigenvalue weighted by Crippen LogP contribution is -2.42. The number of hydrogen-bond donors (Lipinski definition) is 1. The van der Waals surface area contributed by atoms with E-state index >= 15 is 0 Å². The highest BCUT2D eigenvalue weighted by Gasteiger charge is 2.22. The molecular weight excluding hydrogens is 168 g/mol. The highest BCUT2D eigenvalue weighted by Crippen LogP contribution is 2.20. The number of rotatable bonds is 1. The molecular formula is C9H16N2S. The minimum Gasteiger partial charge on any atom is -0.381 e. The van der Waals surface area contributed by atoms with Crippen molar-refractivity contribution < 1.29 is 0 Å². The SMILES string of the molecule is CC1NC(=S)C=C(N(C)C)C1C. The zero-order valence-electron chi connectivity index (χ0n) is 8.09. The predicted octanol–water partition coefficient (Wildman–Crippen LogP) is 1.39. The molecule has 3 heteroatoms. The second kappa shape index (κ2) is 3.44. The van der Waals surface area contributed by atoms with Crippen LogP contribution in [0.1, 0.15) is 13.8 Å². The van der Waals surface area contributed by atoms with E-state index in [1.165, 1.54) is 5.70 Å². The number of thiocarbonyl (C=S) groups is 1. The Kier molecular flexibility index (Phi) is 2.73. The number of nitrogens with one attached hydrogen (secondary N) is 1. The summed E-state index contributed by atoms with van der Waals surface area (Å²) in [5.74, 6) is 0.534. The lowest BCUT2D eigenvalue weighted by Gasteiger charge is -2.33. The van der Waals surface area contributed by atoms with Crippen LogP contribution in [-0.2, 0) is 0 Å². The third-order valence-electron chi connectivity index (χ3n) is 2.38. The van der Waals surface area contributed by atoms with Gasteiger partial charge in [0.05, 0.1) is 0 Å². The molecule has 12 heavy (non-hydrogen) atoms. The minimum absolute atomic E-state index is 0.444. The number of nitrogens with zero attached hydrogens (tertiary/aromatic N) is 1. The summed E-state index contributed by atoms with van der Waals surface area (Å²) >= 11 is 5.12. The summed E-state index contributed by atoms with van der Waals surface area (Å²) in [5, 5.41) is 3.24. The van der Waals surface area contributed by atoms with Crippen molar-refractivity contribution in [2.75, 3.05) is 14.1 Å². The molecule has 68 valence electrons. The molecule has 1 rings (SSSR count). The van der Waals surface area contributed by atoms with E-state index in [1.807, 2.05) is 6.08 Å². The van der Waals surface area contributed by atoms with E-state index in [0.717, 1.165) is 4.99 Å². The fourth-order valence-electron chi connectivity index (χ4n) is 1.45. The Morgan fingerprint density at radius 1 is 1.42 bits per heavy atom. The third-order valence-corrected chi connectivity index (χ3v) is 2.62. The summed E-state index contributed by atoms with van der Waals surface area (Å²) in [6, 6.07) is 0.444. The Labute approximate surface area is 79.6 Å². The molecule has 0 amide bonds. The van der Waals surface area contributed by atoms with Crippen LogP contribution >= 0.6 is 12.2 Å². The van der Waals surface area contributed by atoms with Crippen molar-refractivity contribution in [3.8, 4) is 0 Å². The second-order valence-electron chi connectivity index (χ2n) is 3.55. The maximum atomic E-state index is 5.12. The first-order chi connectivity index (χ1) is 5.52. The molecule has 2 nitrogen and oxygen atoms in total. The van der Waals surface area contributed by atoms with Gasteiger partial charge in [-0.3, -0.25) is 0 Å². The Hall–Kier alpha value is -0.570. The summed E-state index contributed by atoms with van der Waals surface area (Å²) in [6.45, 7) is 4.37. The molecule has 0 saturated heterocycles. The molecule has 0 aromatic carbocycles. The summed E-state index contributed by atoms with van der Waals surface area (Å²) in [5.41, 5.74) is 1.31. The van der Waals surface area contributed by atoms with Crippen molar-refractivity contribution in [1.82, 2.24) is 10.2 Å². The first kappa shape index (κ1) is 9.52. The van der Waals surface area contributed by atoms with Crippen LogP contribution in [0, 0.1) is 5.92 Å². The normalized spacial score (nSPS) is 29.3. The van der Waals surface area contributed by atoms with E-state index in [4.69, 9.17) is 12.2 Å². The Morgan fingerprint density at radius 3 is 2.50 bits per heavy atom. The topological polar surface area (TPSA) is 15.3 Å². The average Bonchev–Trinajstić information content (AvgIpc) is 1.96. The van der Waals surface area contributed by atoms with Gasteiger partial charge >= 0.3 is 0 Å². The molecule has 0 aromatic heterocycles. The van der Waals surface area contributed by atoms with Gasteiger partial charge in [0.2, 0.25) is 0 Å². The molecule has 1 heterocycles. The molecule has 0 radical (unpaired) electrons. The van der Waals surface area contributed by atoms with Gasteiger partial charge in [-0.05, 0) is 13.0 Å². The zero-order valence-corrected chi connectivity index (χ0v) is 8.90. The molecule has 0 bridgehead atoms. The van der Waals surface area contributed by atoms with Gasteiger partial charge in [-0.1, -0.05) is 19.1 Å². The number of hydrogen-bond acceptors (Lipinski definition) is 2. The molecule has 0 aliphatic carbocycles. The maximum absolute atomic E-state index is 5.12. The van der Waals surface area contributed by atoms with Crippen LogP contribution in [0.2, 0.25) is 0 Å². The lowest BCUT2D eigenvalue weighted by molar-refractivity contribution is 0.378. The van der Waals surface area contributed by atoms with E-state index in [1.54, 1.807) is 0 Å². The van der Waals surface area contributed by atoms with E-state index < -0.39 is 0 Å². The lowest BCUT2D eigenvalue weighted by atomic mass is 9.95. The van der Waals surface area contributed by atoms with Crippen LogP contribution in [0.4, 0.5) is 0 Å². The predicted molar refractivity (Wildman–Crippen MR) is 56.1 cm³/mol. The van der Waals surface area contributed by atoms with E-state index in [2.05, 4.69) is 38.2 Å². The molecule has 2 atom stereocenters. The summed E-state index contributed by atoms with van der Waals surface area (Å²) in [6.07, 6.45) is 2.04. The van der Waals surface area contributed by atoms with Crippen LogP contribution in [0.25, 0.3) is 0 Å². The fraction of sp³-hybridized carbons (Fsp3) is 0.667. The molecule has 1 aliphatic rings. The Balaban J connectivity index is 2.88. The van der Waals surface area contributed by atoms with Crippen LogP contribution in [0.3, 0.4) is 0 Å². The highest BCUT2D eigenvalue weighted by molar-refractivity contribution is 7.80. The largest absolute Gasteiger partial charge is 0.381 e. The van der Waals surface area contributed by atoms with Gasteiger partial charge in [0, 0.05) is 31.8 Å². The molecule has 0 saturated carbocycles. The van der Waals surface area contributed by atoms with Gasteiger partial charge in [0.25, 0.3) is 0 Å². The Bertz CT molecular complexity index is 221. The van der Waals surface area contributed by atoms with Crippen molar-refractivity contribution in [3.63, 3.8) is 0 Å². The molecule has 1 N–H and O–H groups in total. The summed E-state index contributed by atoms with van der Waals surface area (Å²) in [4.78, 5) is 2.98. The smallest absolute Gasteiger partial charge is 0.101 e. The van der Waals surface area contributed by atoms with Crippen molar-refractivity contribution >= 4 is 17.2 Å². The highest BCUT2D eigenvalue weighted by atomic mass is 32.1. The fourth-order valence-corrected chi connectivity index (χ4v) is 1.76. The van der Waals surface area contributed by atoms with Crippen LogP contribution in [0.15, 0.2) is 11.8 Å². The summed E-state index contributed by atoms with van der Waals surface area (Å²) < 4.78 is 0. The molecule has 0 fully saturated rings. The van der Waals surface area contributed by atoms with Gasteiger partial charge < -0.3 is 10.2 Å². The average molecular weight is 184 g/mol. The summed E-state index contributed by atoms with van der Waals surface area (Å²) in [7, 11) is 4.12. The quantitative estimate of drug-likeness (QED) is 0.620. The van der Waals surface area contributed by atoms with Crippen molar-refractivity contribution in [1.29, 1.82) is 0 Å². The maximum Gasteiger partial charge on any atom is 0.101 e. The van der Waals surface area contributed by atoms with E-state index in [9.17, 15) is 0 Å². The standard InChI is InChI=1S/C9H16N2S/c1-6-7(2)10-9(12)5-8(6)11(3)4/h5-7H,1-4H3,(H,10,12). The van der Waals surface area contributed by atoms with E-state index in [0.29, 0.717) is 12.0 Å². The second-order valence-corrected chi connectivity index (χ2v) is 3.99. The van der Waals surface area contributed by atoms with Gasteiger partial charge in [-0.2, -0.15) is 0 Å². The van der Waals surface area contributed by atoms with Gasteiger partial charge in [-0.15, -0.1) is 0 Å². The molecule has 1 aliphatic heterocycles. The zero-order chi connectivity index (χ0) is 9.30. The van der Waals surface area contributed by atoms with Crippen molar-refractivity contribution in [2.24, 2.45) is 5.92 Å². The van der Waals surface area contributed by atoms with Crippen LogP contribution in [-0.4, -0.2) is 30.0 Å². The molecule has 0 spiro atoms. The van der Waals surface area contributed by atoms with Gasteiger partial charge in [0.1, 0.15) is 4.99 Å². The molecule has 0 aromatic rings. The first-order valence-corrected chi connectivity index (χ1v) is 4.62. The van der Waals surface area contributed by atoms with Gasteiger partial charge in [-0.25, -0.2) is 0 Å².